The number of aliphatic hydroxyl groups excluding tert-OH is 1. The van der Waals surface area contributed by atoms with Crippen LogP contribution in [0.1, 0.15) is 35.7 Å². The Bertz CT molecular complexity index is 705. The minimum absolute atomic E-state index is 0.0833. The summed E-state index contributed by atoms with van der Waals surface area (Å²) < 4.78 is 0. The van der Waals surface area contributed by atoms with Crippen molar-refractivity contribution in [3.8, 4) is 0 Å². The summed E-state index contributed by atoms with van der Waals surface area (Å²) in [5.74, 6) is 0.501. The van der Waals surface area contributed by atoms with Crippen molar-refractivity contribution in [2.24, 2.45) is 0 Å². The minimum atomic E-state index is -0.378. The van der Waals surface area contributed by atoms with Crippen LogP contribution in [0.15, 0.2) is 42.5 Å². The number of pyridine rings is 1. The Morgan fingerprint density at radius 2 is 1.88 bits per heavy atom. The van der Waals surface area contributed by atoms with E-state index in [0.717, 1.165) is 16.8 Å². The quantitative estimate of drug-likeness (QED) is 0.899. The molecule has 25 heavy (non-hydrogen) atoms. The number of hydrogen-bond acceptors (Lipinski definition) is 4. The highest BCUT2D eigenvalue weighted by Crippen LogP contribution is 2.26. The first kappa shape index (κ1) is 17.6. The van der Waals surface area contributed by atoms with Crippen LogP contribution in [0.2, 0.25) is 0 Å². The van der Waals surface area contributed by atoms with Crippen molar-refractivity contribution in [2.75, 3.05) is 18.4 Å². The van der Waals surface area contributed by atoms with Crippen LogP contribution in [0.3, 0.4) is 0 Å². The molecular formula is C20H25N3O2. The third-order valence-corrected chi connectivity index (χ3v) is 4.58. The predicted octanol–water partition coefficient (Wildman–Crippen LogP) is 2.83. The molecule has 3 rings (SSSR count). The van der Waals surface area contributed by atoms with Crippen LogP contribution in [0.5, 0.6) is 0 Å². The van der Waals surface area contributed by atoms with Gasteiger partial charge in [-0.15, -0.1) is 0 Å². The van der Waals surface area contributed by atoms with Gasteiger partial charge in [0, 0.05) is 18.8 Å². The lowest BCUT2D eigenvalue weighted by atomic mass is 10.00. The van der Waals surface area contributed by atoms with Gasteiger partial charge in [0.05, 0.1) is 6.10 Å². The van der Waals surface area contributed by atoms with Gasteiger partial charge in [-0.3, -0.25) is 9.69 Å². The normalized spacial score (nSPS) is 17.2. The molecule has 2 heterocycles. The molecule has 1 aliphatic rings. The Labute approximate surface area is 148 Å². The second-order valence-corrected chi connectivity index (χ2v) is 6.74. The number of nitrogens with one attached hydrogen (secondary N) is 1. The van der Waals surface area contributed by atoms with Gasteiger partial charge in [-0.05, 0) is 49.9 Å². The molecule has 0 radical (unpaired) electrons. The fourth-order valence-corrected chi connectivity index (χ4v) is 3.41. The van der Waals surface area contributed by atoms with Gasteiger partial charge in [0.15, 0.2) is 0 Å². The summed E-state index contributed by atoms with van der Waals surface area (Å²) in [5, 5.41) is 12.8. The highest BCUT2D eigenvalue weighted by Gasteiger charge is 2.30. The summed E-state index contributed by atoms with van der Waals surface area (Å²) in [4.78, 5) is 19.6. The second kappa shape index (κ2) is 7.76. The Morgan fingerprint density at radius 3 is 2.52 bits per heavy atom. The molecule has 2 N–H and O–H groups in total. The van der Waals surface area contributed by atoms with Gasteiger partial charge in [-0.25, -0.2) is 4.98 Å². The Hall–Kier alpha value is -2.24. The van der Waals surface area contributed by atoms with Crippen LogP contribution < -0.4 is 5.32 Å². The molecule has 1 fully saturated rings. The van der Waals surface area contributed by atoms with Crippen LogP contribution in [0, 0.1) is 13.8 Å². The molecule has 1 aromatic carbocycles. The minimum Gasteiger partial charge on any atom is -0.393 e. The van der Waals surface area contributed by atoms with Crippen molar-refractivity contribution in [3.05, 3.63) is 59.3 Å². The number of aliphatic hydroxyl groups is 1. The molecule has 0 bridgehead atoms. The summed E-state index contributed by atoms with van der Waals surface area (Å²) in [5.41, 5.74) is 2.91. The number of amides is 1. The average Bonchev–Trinajstić information content (AvgIpc) is 2.57. The zero-order chi connectivity index (χ0) is 17.8. The molecule has 132 valence electrons. The van der Waals surface area contributed by atoms with Crippen molar-refractivity contribution >= 4 is 11.7 Å². The Morgan fingerprint density at radius 1 is 1.20 bits per heavy atom. The Balaban J connectivity index is 1.84. The number of rotatable bonds is 4. The van der Waals surface area contributed by atoms with Crippen LogP contribution in [-0.4, -0.2) is 40.1 Å². The van der Waals surface area contributed by atoms with E-state index in [1.807, 2.05) is 56.3 Å². The van der Waals surface area contributed by atoms with E-state index < -0.39 is 0 Å². The smallest absolute Gasteiger partial charge is 0.247 e. The first-order chi connectivity index (χ1) is 12.0. The number of nitrogens with zero attached hydrogens (tertiary/aromatic N) is 2. The molecule has 0 spiro atoms. The van der Waals surface area contributed by atoms with Crippen molar-refractivity contribution in [2.45, 2.75) is 38.8 Å². The first-order valence-electron chi connectivity index (χ1n) is 8.76. The molecule has 1 aliphatic heterocycles. The molecule has 1 saturated heterocycles. The maximum atomic E-state index is 13.1. The molecule has 5 heteroatoms. The number of anilines is 1. The van der Waals surface area contributed by atoms with Gasteiger partial charge in [0.2, 0.25) is 5.91 Å². The largest absolute Gasteiger partial charge is 0.393 e. The van der Waals surface area contributed by atoms with Crippen LogP contribution >= 0.6 is 0 Å². The van der Waals surface area contributed by atoms with Gasteiger partial charge in [-0.2, -0.15) is 0 Å². The zero-order valence-electron chi connectivity index (χ0n) is 14.8. The first-order valence-corrected chi connectivity index (χ1v) is 8.76. The van der Waals surface area contributed by atoms with Gasteiger partial charge >= 0.3 is 0 Å². The van der Waals surface area contributed by atoms with Crippen molar-refractivity contribution in [3.63, 3.8) is 0 Å². The van der Waals surface area contributed by atoms with E-state index in [4.69, 9.17) is 0 Å². The third-order valence-electron chi connectivity index (χ3n) is 4.58. The molecule has 2 aromatic rings. The van der Waals surface area contributed by atoms with Crippen LogP contribution in [0.25, 0.3) is 0 Å². The lowest BCUT2D eigenvalue weighted by Crippen LogP contribution is -2.43. The number of benzene rings is 1. The second-order valence-electron chi connectivity index (χ2n) is 6.74. The lowest BCUT2D eigenvalue weighted by Gasteiger charge is -2.35. The van der Waals surface area contributed by atoms with Gasteiger partial charge in [0.25, 0.3) is 0 Å². The topological polar surface area (TPSA) is 65.5 Å². The molecule has 5 nitrogen and oxygen atoms in total. The zero-order valence-corrected chi connectivity index (χ0v) is 14.8. The monoisotopic (exact) mass is 339 g/mol. The maximum absolute atomic E-state index is 13.1. The van der Waals surface area contributed by atoms with E-state index in [1.54, 1.807) is 0 Å². The van der Waals surface area contributed by atoms with Crippen LogP contribution in [-0.2, 0) is 4.79 Å². The molecular weight excluding hydrogens is 314 g/mol. The van der Waals surface area contributed by atoms with E-state index in [1.165, 1.54) is 0 Å². The number of hydrogen-bond donors (Lipinski definition) is 2. The Kier molecular flexibility index (Phi) is 5.46. The van der Waals surface area contributed by atoms with E-state index in [9.17, 15) is 9.90 Å². The summed E-state index contributed by atoms with van der Waals surface area (Å²) in [6.07, 6.45) is 1.12. The van der Waals surface area contributed by atoms with E-state index in [2.05, 4.69) is 15.2 Å². The highest BCUT2D eigenvalue weighted by atomic mass is 16.3. The number of carbonyl (C=O) groups is 1. The average molecular weight is 339 g/mol. The summed E-state index contributed by atoms with van der Waals surface area (Å²) in [6, 6.07) is 13.3. The van der Waals surface area contributed by atoms with Gasteiger partial charge in [0.1, 0.15) is 11.9 Å². The van der Waals surface area contributed by atoms with Crippen molar-refractivity contribution in [1.82, 2.24) is 9.88 Å². The van der Waals surface area contributed by atoms with Crippen LogP contribution in [0.4, 0.5) is 5.82 Å². The van der Waals surface area contributed by atoms with Gasteiger partial charge < -0.3 is 10.4 Å². The number of aromatic nitrogens is 1. The fourth-order valence-electron chi connectivity index (χ4n) is 3.41. The SMILES string of the molecule is Cc1cc(C)nc(NC(=O)[C@H](c2ccccc2)N2CCC(O)CC2)c1. The van der Waals surface area contributed by atoms with E-state index in [-0.39, 0.29) is 18.1 Å². The van der Waals surface area contributed by atoms with E-state index >= 15 is 0 Å². The number of likely N-dealkylation sites (tertiary alicyclic amines) is 1. The lowest BCUT2D eigenvalue weighted by molar-refractivity contribution is -0.122. The molecule has 0 aliphatic carbocycles. The highest BCUT2D eigenvalue weighted by molar-refractivity contribution is 5.94. The molecule has 0 unspecified atom stereocenters. The van der Waals surface area contributed by atoms with Crippen molar-refractivity contribution in [1.29, 1.82) is 0 Å². The third kappa shape index (κ3) is 4.44. The standard InChI is InChI=1S/C20H25N3O2/c1-14-12-15(2)21-18(13-14)22-20(25)19(16-6-4-3-5-7-16)23-10-8-17(24)9-11-23/h3-7,12-13,17,19,24H,8-11H2,1-2H3,(H,21,22,25)/t19-/m0/s1. The van der Waals surface area contributed by atoms with Gasteiger partial charge in [-0.1, -0.05) is 30.3 Å². The predicted molar refractivity (Wildman–Crippen MR) is 98.3 cm³/mol. The maximum Gasteiger partial charge on any atom is 0.247 e. The number of piperidine rings is 1. The number of carbonyl (C=O) groups excluding carboxylic acids is 1. The summed E-state index contributed by atoms with van der Waals surface area (Å²) in [6.45, 7) is 5.32. The van der Waals surface area contributed by atoms with Crippen molar-refractivity contribution < 1.29 is 9.90 Å². The summed E-state index contributed by atoms with van der Waals surface area (Å²) in [7, 11) is 0. The molecule has 1 amide bonds. The molecule has 0 saturated carbocycles. The summed E-state index contributed by atoms with van der Waals surface area (Å²) >= 11 is 0. The van der Waals surface area contributed by atoms with E-state index in [0.29, 0.717) is 31.7 Å². The molecule has 1 aromatic heterocycles. The fraction of sp³-hybridized carbons (Fsp3) is 0.400. The number of aryl methyl sites for hydroxylation is 2. The molecule has 1 atom stereocenters.